The number of nitriles is 1. The lowest BCUT2D eigenvalue weighted by molar-refractivity contribution is -0.128. The molecule has 244 valence electrons. The monoisotopic (exact) mass is 670 g/mol. The van der Waals surface area contributed by atoms with Gasteiger partial charge in [-0.15, -0.1) is 27.6 Å². The number of carbonyl (C=O) groups is 2. The third-order valence-corrected chi connectivity index (χ3v) is 8.25. The highest BCUT2D eigenvalue weighted by atomic mass is 32.1. The number of aldehydes is 1. The van der Waals surface area contributed by atoms with E-state index in [1.54, 1.807) is 28.7 Å². The molecule has 0 amide bonds. The Kier molecular flexibility index (Phi) is 16.8. The smallest absolute Gasteiger partial charge is 0.293 e. The molecule has 5 N–H and O–H groups in total. The van der Waals surface area contributed by atoms with Gasteiger partial charge in [-0.3, -0.25) is 14.7 Å². The third kappa shape index (κ3) is 12.5. The zero-order valence-corrected chi connectivity index (χ0v) is 26.9. The standard InChI is InChI=1S/C15H15NO3S2.C14H19FN6O.CHNO/c1-16(8-10-19-11-18)15-7-6-14(21-15)13-5-4-12(20-13)3-2-9-17;1-17-7-10-3-5-11(6-4-10)8-22-9-12-13(20-21(12)15)19-14(16)18-2;2-1-3/h2-7,9,11H,8,10H2,1H3;3-6,17,20H,2,7-9H2,1H3,(H2,16,19);3H/b3-2+;;. The van der Waals surface area contributed by atoms with Crippen molar-refractivity contribution >= 4 is 65.0 Å². The summed E-state index contributed by atoms with van der Waals surface area (Å²) >= 11 is 3.34. The van der Waals surface area contributed by atoms with Gasteiger partial charge in [0, 0.05) is 28.2 Å². The molecule has 0 radical (unpaired) electrons. The summed E-state index contributed by atoms with van der Waals surface area (Å²) in [7, 11) is 3.87. The molecule has 0 aliphatic rings. The first-order valence-corrected chi connectivity index (χ1v) is 15.1. The van der Waals surface area contributed by atoms with Crippen molar-refractivity contribution < 1.29 is 28.7 Å². The van der Waals surface area contributed by atoms with Crippen LogP contribution in [0.15, 0.2) is 64.6 Å². The van der Waals surface area contributed by atoms with Gasteiger partial charge in [-0.2, -0.15) is 10.3 Å². The van der Waals surface area contributed by atoms with Gasteiger partial charge < -0.3 is 30.5 Å². The summed E-state index contributed by atoms with van der Waals surface area (Å²) in [5.41, 5.74) is 7.87. The second kappa shape index (κ2) is 20.8. The predicted octanol–water partition coefficient (Wildman–Crippen LogP) is 4.77. The number of H-pyrrole nitrogens is 1. The normalized spacial score (nSPS) is 10.7. The molecular formula is C30H35FN8O5S2. The second-order valence-corrected chi connectivity index (χ2v) is 11.2. The summed E-state index contributed by atoms with van der Waals surface area (Å²) in [5.74, 6) is 0.255. The number of aliphatic hydroxyl groups is 1. The molecule has 0 unspecified atom stereocenters. The lowest BCUT2D eigenvalue weighted by atomic mass is 10.1. The highest BCUT2D eigenvalue weighted by Gasteiger charge is 2.14. The Hall–Kier alpha value is -5.08. The number of carbonyl (C=O) groups excluding carboxylic acids is 2. The lowest BCUT2D eigenvalue weighted by Gasteiger charge is -2.15. The molecule has 0 saturated heterocycles. The number of thiophene rings is 2. The molecule has 0 aliphatic carbocycles. The summed E-state index contributed by atoms with van der Waals surface area (Å²) in [6, 6.07) is 16.2. The summed E-state index contributed by atoms with van der Waals surface area (Å²) in [6.45, 7) is 6.02. The van der Waals surface area contributed by atoms with E-state index in [-0.39, 0.29) is 24.1 Å². The number of nitrogens with zero attached hydrogens (tertiary/aromatic N) is 5. The van der Waals surface area contributed by atoms with Crippen LogP contribution in [0.1, 0.15) is 21.7 Å². The zero-order chi connectivity index (χ0) is 33.7. The molecule has 13 nitrogen and oxygen atoms in total. The van der Waals surface area contributed by atoms with Gasteiger partial charge in [0.2, 0.25) is 5.96 Å². The van der Waals surface area contributed by atoms with Gasteiger partial charge >= 0.3 is 0 Å². The first-order chi connectivity index (χ1) is 22.3. The van der Waals surface area contributed by atoms with E-state index >= 15 is 0 Å². The summed E-state index contributed by atoms with van der Waals surface area (Å²) < 4.78 is 23.5. The number of likely N-dealkylation sites (N-methyl/N-ethyl adjacent to an activating group) is 1. The van der Waals surface area contributed by atoms with Crippen molar-refractivity contribution in [1.29, 1.82) is 5.26 Å². The number of nitrogens with two attached hydrogens (primary N) is 1. The molecule has 1 aromatic carbocycles. The zero-order valence-electron chi connectivity index (χ0n) is 25.3. The Bertz CT molecular complexity index is 1600. The van der Waals surface area contributed by atoms with Crippen LogP contribution in [0.3, 0.4) is 0 Å². The molecular weight excluding hydrogens is 636 g/mol. The summed E-state index contributed by atoms with van der Waals surface area (Å²) in [5, 5.41) is 20.3. The van der Waals surface area contributed by atoms with Crippen LogP contribution >= 0.6 is 22.7 Å². The largest absolute Gasteiger partial charge is 0.466 e. The number of guanidine groups is 1. The van der Waals surface area contributed by atoms with Crippen LogP contribution in [0.4, 0.5) is 15.3 Å². The Morgan fingerprint density at radius 2 is 1.85 bits per heavy atom. The number of nitrogens with one attached hydrogen (secondary N) is 2. The summed E-state index contributed by atoms with van der Waals surface area (Å²) in [4.78, 5) is 33.5. The van der Waals surface area contributed by atoms with E-state index in [9.17, 15) is 14.1 Å². The molecule has 0 fully saturated rings. The topological polar surface area (TPSA) is 183 Å². The molecule has 4 rings (SSSR count). The van der Waals surface area contributed by atoms with Gasteiger partial charge in [0.15, 0.2) is 5.82 Å². The highest BCUT2D eigenvalue weighted by molar-refractivity contribution is 7.24. The molecule has 0 spiro atoms. The van der Waals surface area contributed by atoms with Crippen molar-refractivity contribution in [3.8, 4) is 16.0 Å². The van der Waals surface area contributed by atoms with E-state index in [2.05, 4.69) is 50.2 Å². The van der Waals surface area contributed by atoms with Crippen molar-refractivity contribution in [2.24, 2.45) is 15.7 Å². The fourth-order valence-electron chi connectivity index (χ4n) is 3.57. The minimum Gasteiger partial charge on any atom is -0.466 e. The van der Waals surface area contributed by atoms with E-state index in [0.717, 1.165) is 34.5 Å². The number of rotatable bonds is 15. The number of aromatic amines is 1. The number of hydrogen-bond donors (Lipinski definition) is 4. The van der Waals surface area contributed by atoms with Gasteiger partial charge in [0.25, 0.3) is 12.7 Å². The number of ether oxygens (including phenoxy) is 2. The first-order valence-electron chi connectivity index (χ1n) is 13.5. The SMILES string of the molecule is C=N/C(N)=N\c1[nH]n(F)c1COCc1ccc(CNC)cc1.CN(CCOC=O)c1ccc(-c2ccc(/C=C/C=O)s2)s1.N#CO. The molecule has 4 aromatic rings. The van der Waals surface area contributed by atoms with E-state index < -0.39 is 0 Å². The second-order valence-electron chi connectivity index (χ2n) is 8.98. The molecule has 0 bridgehead atoms. The number of aliphatic hydroxyl groups excluding tert-OH is 1. The highest BCUT2D eigenvalue weighted by Crippen LogP contribution is 2.37. The number of halogens is 1. The summed E-state index contributed by atoms with van der Waals surface area (Å²) in [6.07, 6.45) is 4.83. The van der Waals surface area contributed by atoms with E-state index in [1.807, 2.05) is 44.4 Å². The molecule has 0 aliphatic heterocycles. The fraction of sp³-hybridized carbons (Fsp3) is 0.233. The van der Waals surface area contributed by atoms with Crippen LogP contribution in [0.25, 0.3) is 15.8 Å². The Labute approximate surface area is 273 Å². The molecule has 3 heterocycles. The van der Waals surface area contributed by atoms with Gasteiger partial charge in [-0.25, -0.2) is 4.99 Å². The molecule has 46 heavy (non-hydrogen) atoms. The minimum absolute atomic E-state index is 0.0341. The number of benzene rings is 1. The van der Waals surface area contributed by atoms with Gasteiger partial charge in [0.05, 0.1) is 24.8 Å². The van der Waals surface area contributed by atoms with Crippen LogP contribution in [-0.2, 0) is 38.8 Å². The van der Waals surface area contributed by atoms with Gasteiger partial charge in [-0.1, -0.05) is 28.7 Å². The van der Waals surface area contributed by atoms with Crippen molar-refractivity contribution in [3.63, 3.8) is 0 Å². The van der Waals surface area contributed by atoms with Gasteiger partial charge in [0.1, 0.15) is 18.6 Å². The maximum atomic E-state index is 13.3. The van der Waals surface area contributed by atoms with E-state index in [0.29, 0.717) is 31.1 Å². The van der Waals surface area contributed by atoms with E-state index in [1.165, 1.54) is 21.4 Å². The van der Waals surface area contributed by atoms with Crippen molar-refractivity contribution in [3.05, 3.63) is 76.3 Å². The van der Waals surface area contributed by atoms with Gasteiger partial charge in [-0.05, 0) is 61.3 Å². The first kappa shape index (κ1) is 37.1. The minimum atomic E-state index is -0.0341. The maximum absolute atomic E-state index is 13.3. The Morgan fingerprint density at radius 3 is 2.48 bits per heavy atom. The quantitative estimate of drug-likeness (QED) is 0.0346. The lowest BCUT2D eigenvalue weighted by Crippen LogP contribution is -2.21. The molecule has 3 aromatic heterocycles. The van der Waals surface area contributed by atoms with Crippen LogP contribution < -0.4 is 16.0 Å². The predicted molar refractivity (Wildman–Crippen MR) is 179 cm³/mol. The Balaban J connectivity index is 0.000000295. The number of hydrogen-bond acceptors (Lipinski definition) is 11. The van der Waals surface area contributed by atoms with Crippen molar-refractivity contribution in [2.45, 2.75) is 19.8 Å². The number of allylic oxidation sites excluding steroid dienone is 1. The molecule has 16 heteroatoms. The molecule has 0 saturated carbocycles. The molecule has 0 atom stereocenters. The van der Waals surface area contributed by atoms with Crippen molar-refractivity contribution in [1.82, 2.24) is 15.3 Å². The average Bonchev–Trinajstić information content (AvgIpc) is 3.74. The van der Waals surface area contributed by atoms with E-state index in [4.69, 9.17) is 25.6 Å². The van der Waals surface area contributed by atoms with Crippen LogP contribution in [0.5, 0.6) is 0 Å². The van der Waals surface area contributed by atoms with Crippen LogP contribution in [-0.4, -0.2) is 67.8 Å². The number of aromatic nitrogens is 2. The average molecular weight is 671 g/mol. The third-order valence-electron chi connectivity index (χ3n) is 5.80. The number of anilines is 1. The number of aliphatic imine (C=N–C) groups is 2. The Morgan fingerprint density at radius 1 is 1.17 bits per heavy atom. The van der Waals surface area contributed by atoms with Crippen LogP contribution in [0.2, 0.25) is 0 Å². The van der Waals surface area contributed by atoms with Crippen molar-refractivity contribution in [2.75, 3.05) is 32.1 Å². The maximum Gasteiger partial charge on any atom is 0.293 e. The van der Waals surface area contributed by atoms with Crippen LogP contribution in [0, 0.1) is 11.5 Å². The fourth-order valence-corrected chi connectivity index (χ4v) is 5.58.